The third kappa shape index (κ3) is 29.5. The molecule has 4 N–H and O–H groups in total. The molecule has 0 aromatic heterocycles. The van der Waals surface area contributed by atoms with E-state index in [2.05, 4.69) is 38.2 Å². The van der Waals surface area contributed by atoms with Gasteiger partial charge >= 0.3 is 11.9 Å². The number of carbonyl (C=O) groups excluding carboxylic acids is 2. The van der Waals surface area contributed by atoms with Crippen molar-refractivity contribution in [2.75, 3.05) is 19.8 Å². The second-order valence-electron chi connectivity index (χ2n) is 15.6. The maximum absolute atomic E-state index is 12.6. The first-order chi connectivity index (χ1) is 27.8. The predicted octanol–water partition coefficient (Wildman–Crippen LogP) is 9.67. The lowest BCUT2D eigenvalue weighted by Crippen LogP contribution is -2.59. The van der Waals surface area contributed by atoms with Gasteiger partial charge in [-0.15, -0.1) is 0 Å². The molecule has 1 saturated heterocycles. The smallest absolute Gasteiger partial charge is 0.331 e. The molecule has 10 nitrogen and oxygen atoms in total. The zero-order chi connectivity index (χ0) is 41.6. The van der Waals surface area contributed by atoms with Crippen molar-refractivity contribution in [1.82, 2.24) is 0 Å². The molecular weight excluding hydrogens is 725 g/mol. The molecule has 0 spiro atoms. The Labute approximate surface area is 346 Å². The fraction of sp³-hybridized carbons (Fsp3) is 0.787. The van der Waals surface area contributed by atoms with Gasteiger partial charge in [0.05, 0.1) is 13.2 Å². The van der Waals surface area contributed by atoms with Crippen LogP contribution >= 0.6 is 0 Å². The molecule has 1 fully saturated rings. The molecule has 0 radical (unpaired) electrons. The summed E-state index contributed by atoms with van der Waals surface area (Å²) in [6, 6.07) is 0. The number of aliphatic hydroxyl groups is 4. The van der Waals surface area contributed by atoms with E-state index >= 15 is 0 Å². The van der Waals surface area contributed by atoms with Gasteiger partial charge in [0.1, 0.15) is 31.0 Å². The number of hydrogen-bond acceptors (Lipinski definition) is 10. The highest BCUT2D eigenvalue weighted by Crippen LogP contribution is 2.22. The van der Waals surface area contributed by atoms with Gasteiger partial charge in [0, 0.05) is 12.5 Å². The Balaban J connectivity index is 2.41. The Morgan fingerprint density at radius 1 is 0.596 bits per heavy atom. The summed E-state index contributed by atoms with van der Waals surface area (Å²) >= 11 is 0. The Morgan fingerprint density at radius 2 is 1.11 bits per heavy atom. The van der Waals surface area contributed by atoms with Crippen molar-refractivity contribution < 1.29 is 49.0 Å². The van der Waals surface area contributed by atoms with Gasteiger partial charge < -0.3 is 39.4 Å². The predicted molar refractivity (Wildman–Crippen MR) is 229 cm³/mol. The molecule has 6 atom stereocenters. The van der Waals surface area contributed by atoms with Crippen molar-refractivity contribution in [1.29, 1.82) is 0 Å². The summed E-state index contributed by atoms with van der Waals surface area (Å²) in [5.74, 6) is -1.11. The Hall–Kier alpha value is -2.34. The summed E-state index contributed by atoms with van der Waals surface area (Å²) in [4.78, 5) is 25.2. The van der Waals surface area contributed by atoms with Crippen LogP contribution in [-0.2, 0) is 28.5 Å². The second kappa shape index (κ2) is 37.9. The van der Waals surface area contributed by atoms with E-state index in [9.17, 15) is 30.0 Å². The van der Waals surface area contributed by atoms with E-state index in [1.807, 2.05) is 6.08 Å². The van der Waals surface area contributed by atoms with Crippen LogP contribution < -0.4 is 0 Å². The molecule has 2 unspecified atom stereocenters. The minimum atomic E-state index is -1.62. The number of rotatable bonds is 37. The van der Waals surface area contributed by atoms with Crippen molar-refractivity contribution in [2.45, 2.75) is 218 Å². The Bertz CT molecular complexity index is 1070. The number of esters is 2. The minimum absolute atomic E-state index is 0.191. The maximum Gasteiger partial charge on any atom is 0.331 e. The normalized spacial score (nSPS) is 20.7. The number of aliphatic hydroxyl groups excluding tert-OH is 4. The first-order valence-electron chi connectivity index (χ1n) is 22.7. The van der Waals surface area contributed by atoms with Crippen LogP contribution in [0.3, 0.4) is 0 Å². The Morgan fingerprint density at radius 3 is 1.65 bits per heavy atom. The van der Waals surface area contributed by atoms with E-state index in [-0.39, 0.29) is 19.6 Å². The van der Waals surface area contributed by atoms with Gasteiger partial charge in [0.25, 0.3) is 0 Å². The Kier molecular flexibility index (Phi) is 35.0. The zero-order valence-corrected chi connectivity index (χ0v) is 35.8. The minimum Gasteiger partial charge on any atom is -0.462 e. The van der Waals surface area contributed by atoms with Crippen molar-refractivity contribution in [3.8, 4) is 0 Å². The molecule has 10 heteroatoms. The van der Waals surface area contributed by atoms with Crippen LogP contribution in [0.25, 0.3) is 0 Å². The van der Waals surface area contributed by atoms with Gasteiger partial charge in [0.2, 0.25) is 0 Å². The van der Waals surface area contributed by atoms with Crippen LogP contribution in [0, 0.1) is 0 Å². The van der Waals surface area contributed by atoms with Gasteiger partial charge in [0.15, 0.2) is 12.4 Å². The molecule has 57 heavy (non-hydrogen) atoms. The molecule has 0 bridgehead atoms. The van der Waals surface area contributed by atoms with Crippen LogP contribution in [0.2, 0.25) is 0 Å². The molecule has 1 aliphatic rings. The number of allylic oxidation sites excluding steroid dienone is 7. The van der Waals surface area contributed by atoms with Gasteiger partial charge in [-0.2, -0.15) is 0 Å². The van der Waals surface area contributed by atoms with E-state index in [1.165, 1.54) is 128 Å². The number of ether oxygens (including phenoxy) is 4. The largest absolute Gasteiger partial charge is 0.462 e. The SMILES string of the molecule is CCCCCCCCCCC/C=C/C/C=C/CCCC(=O)OC[C@@H](CO[C@H]1O[C@@H](CO)[C@@H](O)C(O)C1O)OC(=O)/C=C/C=C/CCCCCCCCCCCCC. The van der Waals surface area contributed by atoms with Crippen LogP contribution in [0.5, 0.6) is 0 Å². The summed E-state index contributed by atoms with van der Waals surface area (Å²) in [6.45, 7) is 3.27. The summed E-state index contributed by atoms with van der Waals surface area (Å²) in [5, 5.41) is 40.0. The lowest BCUT2D eigenvalue weighted by atomic mass is 9.99. The average molecular weight is 807 g/mol. The van der Waals surface area contributed by atoms with Crippen LogP contribution in [0.1, 0.15) is 181 Å². The molecule has 0 aliphatic carbocycles. The van der Waals surface area contributed by atoms with Crippen molar-refractivity contribution in [3.05, 3.63) is 48.6 Å². The molecule has 0 aromatic rings. The summed E-state index contributed by atoms with van der Waals surface area (Å²) in [5.41, 5.74) is 0. The van der Waals surface area contributed by atoms with E-state index in [1.54, 1.807) is 12.2 Å². The quantitative estimate of drug-likeness (QED) is 0.0157. The van der Waals surface area contributed by atoms with Crippen molar-refractivity contribution in [3.63, 3.8) is 0 Å². The molecule has 0 saturated carbocycles. The lowest BCUT2D eigenvalue weighted by molar-refractivity contribution is -0.305. The standard InChI is InChI=1S/C47H82O10/c1-3-5-7-9-11-13-15-17-19-20-22-23-25-27-29-31-33-35-42(49)54-38-40(39-55-47-46(53)45(52)44(51)41(37-48)57-47)56-43(50)36-34-32-30-28-26-24-21-18-16-14-12-10-8-6-4-2/h22-23,27,29-30,32,34,36,40-41,44-48,51-53H,3-21,24-26,28,31,33,35,37-39H2,1-2H3/b23-22+,29-27+,32-30+,36-34+/t40-,41-,44+,45?,46?,47-/m0/s1. The van der Waals surface area contributed by atoms with Gasteiger partial charge in [-0.1, -0.05) is 172 Å². The molecule has 0 aromatic carbocycles. The zero-order valence-electron chi connectivity index (χ0n) is 35.8. The monoisotopic (exact) mass is 807 g/mol. The van der Waals surface area contributed by atoms with Gasteiger partial charge in [-0.3, -0.25) is 4.79 Å². The highest BCUT2D eigenvalue weighted by molar-refractivity contribution is 5.82. The van der Waals surface area contributed by atoms with E-state index in [0.717, 1.165) is 32.1 Å². The molecular formula is C47H82O10. The highest BCUT2D eigenvalue weighted by atomic mass is 16.7. The summed E-state index contributed by atoms with van der Waals surface area (Å²) in [7, 11) is 0. The van der Waals surface area contributed by atoms with E-state index in [4.69, 9.17) is 18.9 Å². The molecule has 1 rings (SSSR count). The molecule has 1 heterocycles. The first kappa shape index (κ1) is 52.7. The first-order valence-corrected chi connectivity index (χ1v) is 22.7. The van der Waals surface area contributed by atoms with Crippen LogP contribution in [-0.4, -0.2) is 89.0 Å². The molecule has 0 amide bonds. The second-order valence-corrected chi connectivity index (χ2v) is 15.6. The van der Waals surface area contributed by atoms with E-state index < -0.39 is 55.4 Å². The summed E-state index contributed by atoms with van der Waals surface area (Å²) < 4.78 is 21.9. The topological polar surface area (TPSA) is 152 Å². The fourth-order valence-corrected chi connectivity index (χ4v) is 6.66. The lowest BCUT2D eigenvalue weighted by Gasteiger charge is -2.39. The third-order valence-corrected chi connectivity index (χ3v) is 10.3. The number of unbranched alkanes of at least 4 members (excludes halogenated alkanes) is 21. The number of carbonyl (C=O) groups is 2. The molecule has 330 valence electrons. The third-order valence-electron chi connectivity index (χ3n) is 10.3. The van der Waals surface area contributed by atoms with Gasteiger partial charge in [-0.25, -0.2) is 4.79 Å². The van der Waals surface area contributed by atoms with Crippen LogP contribution in [0.4, 0.5) is 0 Å². The maximum atomic E-state index is 12.6. The van der Waals surface area contributed by atoms with Crippen molar-refractivity contribution >= 4 is 11.9 Å². The van der Waals surface area contributed by atoms with Crippen LogP contribution in [0.15, 0.2) is 48.6 Å². The van der Waals surface area contributed by atoms with Gasteiger partial charge in [-0.05, 0) is 44.9 Å². The number of hydrogen-bond donors (Lipinski definition) is 4. The van der Waals surface area contributed by atoms with E-state index in [0.29, 0.717) is 6.42 Å². The fourth-order valence-electron chi connectivity index (χ4n) is 6.66. The molecule has 1 aliphatic heterocycles. The highest BCUT2D eigenvalue weighted by Gasteiger charge is 2.44. The summed E-state index contributed by atoms with van der Waals surface area (Å²) in [6.07, 6.45) is 37.6. The van der Waals surface area contributed by atoms with Crippen molar-refractivity contribution in [2.24, 2.45) is 0 Å². The average Bonchev–Trinajstić information content (AvgIpc) is 3.21.